The summed E-state index contributed by atoms with van der Waals surface area (Å²) in [6.07, 6.45) is 2.41. The Kier molecular flexibility index (Phi) is 4.46. The number of carbonyl (C=O) groups is 1. The van der Waals surface area contributed by atoms with E-state index in [4.69, 9.17) is 9.47 Å². The number of benzene rings is 1. The molecule has 136 valence electrons. The second kappa shape index (κ2) is 6.92. The summed E-state index contributed by atoms with van der Waals surface area (Å²) >= 11 is 0. The van der Waals surface area contributed by atoms with Crippen molar-refractivity contribution >= 4 is 5.91 Å². The summed E-state index contributed by atoms with van der Waals surface area (Å²) in [4.78, 5) is 31.3. The highest BCUT2D eigenvalue weighted by molar-refractivity contribution is 5.94. The van der Waals surface area contributed by atoms with Crippen LogP contribution in [0.25, 0.3) is 0 Å². The van der Waals surface area contributed by atoms with Crippen molar-refractivity contribution in [3.63, 3.8) is 0 Å². The van der Waals surface area contributed by atoms with Crippen LogP contribution in [0.1, 0.15) is 46.2 Å². The Balaban J connectivity index is 1.36. The van der Waals surface area contributed by atoms with Gasteiger partial charge < -0.3 is 19.8 Å². The van der Waals surface area contributed by atoms with Crippen LogP contribution in [-0.4, -0.2) is 35.6 Å². The molecule has 2 N–H and O–H groups in total. The molecule has 2 aliphatic rings. The number of ether oxygens (including phenoxy) is 2. The van der Waals surface area contributed by atoms with E-state index < -0.39 is 0 Å². The Labute approximate surface area is 150 Å². The molecule has 0 atom stereocenters. The number of nitrogens with zero attached hydrogens (tertiary/aromatic N) is 1. The van der Waals surface area contributed by atoms with E-state index in [1.165, 1.54) is 6.07 Å². The van der Waals surface area contributed by atoms with Gasteiger partial charge in [0.1, 0.15) is 18.2 Å². The van der Waals surface area contributed by atoms with Gasteiger partial charge in [-0.05, 0) is 36.6 Å². The molecule has 26 heavy (non-hydrogen) atoms. The number of hydrogen-bond acceptors (Lipinski definition) is 5. The Bertz CT molecular complexity index is 887. The first-order chi connectivity index (χ1) is 12.6. The molecule has 1 amide bonds. The highest BCUT2D eigenvalue weighted by Crippen LogP contribution is 2.35. The van der Waals surface area contributed by atoms with E-state index in [2.05, 4.69) is 15.3 Å². The summed E-state index contributed by atoms with van der Waals surface area (Å²) in [5, 5.41) is 3.06. The summed E-state index contributed by atoms with van der Waals surface area (Å²) in [5.41, 5.74) is 2.34. The number of amides is 1. The maximum absolute atomic E-state index is 12.4. The number of carbonyl (C=O) groups excluding carboxylic acids is 1. The third kappa shape index (κ3) is 3.35. The average Bonchev–Trinajstić information content (AvgIpc) is 3.04. The zero-order valence-electron chi connectivity index (χ0n) is 14.6. The number of rotatable bonds is 5. The summed E-state index contributed by atoms with van der Waals surface area (Å²) in [5.74, 6) is 1.52. The number of fused-ring (bicyclic) bond motifs is 1. The summed E-state index contributed by atoms with van der Waals surface area (Å²) in [6, 6.07) is 7.19. The predicted molar refractivity (Wildman–Crippen MR) is 94.4 cm³/mol. The SMILES string of the molecule is COCc1nc(C2CC(NC(=O)c3ccc4c(c3)CCO4)C2)cc(=O)[nH]1. The van der Waals surface area contributed by atoms with Crippen molar-refractivity contribution in [3.8, 4) is 5.75 Å². The highest BCUT2D eigenvalue weighted by atomic mass is 16.5. The molecule has 7 heteroatoms. The Morgan fingerprint density at radius 1 is 1.38 bits per heavy atom. The molecule has 0 radical (unpaired) electrons. The molecule has 0 bridgehead atoms. The van der Waals surface area contributed by atoms with Crippen LogP contribution in [0.3, 0.4) is 0 Å². The maximum atomic E-state index is 12.4. The first-order valence-corrected chi connectivity index (χ1v) is 8.78. The number of methoxy groups -OCH3 is 1. The van der Waals surface area contributed by atoms with E-state index in [0.717, 1.165) is 36.3 Å². The Morgan fingerprint density at radius 3 is 3.04 bits per heavy atom. The monoisotopic (exact) mass is 355 g/mol. The minimum atomic E-state index is -0.171. The first-order valence-electron chi connectivity index (χ1n) is 8.78. The van der Waals surface area contributed by atoms with Gasteiger partial charge in [-0.3, -0.25) is 9.59 Å². The van der Waals surface area contributed by atoms with Gasteiger partial charge in [-0.2, -0.15) is 0 Å². The molecule has 1 aromatic heterocycles. The number of hydrogen-bond donors (Lipinski definition) is 2. The van der Waals surface area contributed by atoms with Crippen molar-refractivity contribution < 1.29 is 14.3 Å². The maximum Gasteiger partial charge on any atom is 0.251 e. The van der Waals surface area contributed by atoms with Crippen molar-refractivity contribution in [3.05, 3.63) is 57.3 Å². The van der Waals surface area contributed by atoms with Gasteiger partial charge in [0.25, 0.3) is 11.5 Å². The molecule has 1 aliphatic carbocycles. The van der Waals surface area contributed by atoms with E-state index in [-0.39, 0.29) is 30.0 Å². The topological polar surface area (TPSA) is 93.3 Å². The van der Waals surface area contributed by atoms with Crippen LogP contribution in [0, 0.1) is 0 Å². The van der Waals surface area contributed by atoms with E-state index in [1.54, 1.807) is 13.2 Å². The molecule has 1 aliphatic heterocycles. The molecule has 2 heterocycles. The van der Waals surface area contributed by atoms with Gasteiger partial charge in [-0.25, -0.2) is 4.98 Å². The van der Waals surface area contributed by atoms with Gasteiger partial charge in [0.15, 0.2) is 0 Å². The number of aromatic amines is 1. The van der Waals surface area contributed by atoms with Gasteiger partial charge in [-0.1, -0.05) is 0 Å². The number of H-pyrrole nitrogens is 1. The average molecular weight is 355 g/mol. The molecular weight excluding hydrogens is 334 g/mol. The van der Waals surface area contributed by atoms with Crippen LogP contribution in [0.2, 0.25) is 0 Å². The molecule has 0 spiro atoms. The van der Waals surface area contributed by atoms with E-state index in [0.29, 0.717) is 18.0 Å². The van der Waals surface area contributed by atoms with Gasteiger partial charge >= 0.3 is 0 Å². The number of nitrogens with one attached hydrogen (secondary N) is 2. The van der Waals surface area contributed by atoms with E-state index >= 15 is 0 Å². The normalized spacial score (nSPS) is 20.8. The molecule has 7 nitrogen and oxygen atoms in total. The lowest BCUT2D eigenvalue weighted by atomic mass is 9.78. The standard InChI is InChI=1S/C19H21N3O4/c1-25-10-17-21-15(9-18(23)22-17)13-7-14(8-13)20-19(24)12-2-3-16-11(6-12)4-5-26-16/h2-3,6,9,13-14H,4-5,7-8,10H2,1H3,(H,20,24)(H,21,22,23). The summed E-state index contributed by atoms with van der Waals surface area (Å²) < 4.78 is 10.5. The van der Waals surface area contributed by atoms with Gasteiger partial charge in [-0.15, -0.1) is 0 Å². The van der Waals surface area contributed by atoms with Crippen LogP contribution in [0.4, 0.5) is 0 Å². The molecule has 2 aromatic rings. The third-order valence-corrected chi connectivity index (χ3v) is 4.93. The van der Waals surface area contributed by atoms with Crippen LogP contribution in [0.5, 0.6) is 5.75 Å². The summed E-state index contributed by atoms with van der Waals surface area (Å²) in [7, 11) is 1.56. The molecule has 0 unspecified atom stereocenters. The predicted octanol–water partition coefficient (Wildman–Crippen LogP) is 1.53. The Morgan fingerprint density at radius 2 is 2.23 bits per heavy atom. The minimum Gasteiger partial charge on any atom is -0.493 e. The fraction of sp³-hybridized carbons (Fsp3) is 0.421. The second-order valence-electron chi connectivity index (χ2n) is 6.81. The van der Waals surface area contributed by atoms with Crippen molar-refractivity contribution in [2.75, 3.05) is 13.7 Å². The quantitative estimate of drug-likeness (QED) is 0.848. The van der Waals surface area contributed by atoms with Gasteiger partial charge in [0, 0.05) is 37.1 Å². The molecule has 1 aromatic carbocycles. The number of aromatic nitrogens is 2. The largest absolute Gasteiger partial charge is 0.493 e. The van der Waals surface area contributed by atoms with Crippen LogP contribution in [-0.2, 0) is 17.8 Å². The molecular formula is C19H21N3O4. The zero-order chi connectivity index (χ0) is 18.1. The van der Waals surface area contributed by atoms with E-state index in [1.807, 2.05) is 12.1 Å². The van der Waals surface area contributed by atoms with E-state index in [9.17, 15) is 9.59 Å². The molecule has 1 fully saturated rings. The molecule has 4 rings (SSSR count). The third-order valence-electron chi connectivity index (χ3n) is 4.93. The first kappa shape index (κ1) is 16.8. The van der Waals surface area contributed by atoms with Crippen molar-refractivity contribution in [2.24, 2.45) is 0 Å². The van der Waals surface area contributed by atoms with Gasteiger partial charge in [0.2, 0.25) is 0 Å². The lowest BCUT2D eigenvalue weighted by Crippen LogP contribution is -2.43. The highest BCUT2D eigenvalue weighted by Gasteiger charge is 2.33. The summed E-state index contributed by atoms with van der Waals surface area (Å²) in [6.45, 7) is 0.955. The fourth-order valence-corrected chi connectivity index (χ4v) is 3.52. The van der Waals surface area contributed by atoms with Crippen LogP contribution in [0.15, 0.2) is 29.1 Å². The second-order valence-corrected chi connectivity index (χ2v) is 6.81. The van der Waals surface area contributed by atoms with Crippen LogP contribution < -0.4 is 15.6 Å². The van der Waals surface area contributed by atoms with Crippen molar-refractivity contribution in [2.45, 2.75) is 37.8 Å². The van der Waals surface area contributed by atoms with Crippen LogP contribution >= 0.6 is 0 Å². The molecule has 1 saturated carbocycles. The van der Waals surface area contributed by atoms with Crippen molar-refractivity contribution in [1.29, 1.82) is 0 Å². The lowest BCUT2D eigenvalue weighted by Gasteiger charge is -2.35. The van der Waals surface area contributed by atoms with Crippen molar-refractivity contribution in [1.82, 2.24) is 15.3 Å². The minimum absolute atomic E-state index is 0.0675. The fourth-order valence-electron chi connectivity index (χ4n) is 3.52. The smallest absolute Gasteiger partial charge is 0.251 e. The molecule has 0 saturated heterocycles. The lowest BCUT2D eigenvalue weighted by molar-refractivity contribution is 0.0908. The zero-order valence-corrected chi connectivity index (χ0v) is 14.6. The Hall–Kier alpha value is -2.67. The van der Waals surface area contributed by atoms with Gasteiger partial charge in [0.05, 0.1) is 12.3 Å².